The molecule has 0 radical (unpaired) electrons. The summed E-state index contributed by atoms with van der Waals surface area (Å²) in [7, 11) is 0. The lowest BCUT2D eigenvalue weighted by Gasteiger charge is -2.18. The number of hydrogen-bond acceptors (Lipinski definition) is 1. The van der Waals surface area contributed by atoms with Crippen LogP contribution >= 0.6 is 0 Å². The molecule has 3 rings (SSSR count). The highest BCUT2D eigenvalue weighted by atomic mass is 16.4. The van der Waals surface area contributed by atoms with Gasteiger partial charge in [-0.15, -0.1) is 0 Å². The Kier molecular flexibility index (Phi) is 2.10. The highest BCUT2D eigenvalue weighted by Crippen LogP contribution is 2.48. The monoisotopic (exact) mass is 214 g/mol. The van der Waals surface area contributed by atoms with Gasteiger partial charge in [-0.25, -0.2) is 4.79 Å². The summed E-state index contributed by atoms with van der Waals surface area (Å²) < 4.78 is 0. The molecule has 2 nitrogen and oxygen atoms in total. The molecule has 0 saturated heterocycles. The Bertz CT molecular complexity index is 444. The fraction of sp³-hybridized carbons (Fsp3) is 0.357. The number of hydrogen-bond donors (Lipinski definition) is 1. The fourth-order valence-corrected chi connectivity index (χ4v) is 3.04. The van der Waals surface area contributed by atoms with Crippen molar-refractivity contribution in [2.45, 2.75) is 18.8 Å². The van der Waals surface area contributed by atoms with Crippen molar-refractivity contribution in [3.8, 4) is 0 Å². The Hall–Kier alpha value is -1.57. The van der Waals surface area contributed by atoms with E-state index in [2.05, 4.69) is 12.2 Å². The first-order valence-corrected chi connectivity index (χ1v) is 5.75. The van der Waals surface area contributed by atoms with Gasteiger partial charge in [0.05, 0.1) is 5.56 Å². The second kappa shape index (κ2) is 3.48. The first kappa shape index (κ1) is 9.64. The molecule has 2 heteroatoms. The van der Waals surface area contributed by atoms with Gasteiger partial charge >= 0.3 is 5.97 Å². The third-order valence-corrected chi connectivity index (χ3v) is 3.86. The number of rotatable bonds is 2. The van der Waals surface area contributed by atoms with Crippen LogP contribution in [0.15, 0.2) is 36.4 Å². The van der Waals surface area contributed by atoms with Crippen molar-refractivity contribution in [2.75, 3.05) is 0 Å². The molecule has 1 N–H and O–H groups in total. The zero-order valence-corrected chi connectivity index (χ0v) is 8.97. The van der Waals surface area contributed by atoms with Crippen LogP contribution in [-0.4, -0.2) is 11.1 Å². The maximum absolute atomic E-state index is 10.7. The zero-order chi connectivity index (χ0) is 11.1. The van der Waals surface area contributed by atoms with Gasteiger partial charge in [-0.2, -0.15) is 0 Å². The minimum atomic E-state index is -0.848. The van der Waals surface area contributed by atoms with Crippen molar-refractivity contribution < 1.29 is 9.90 Å². The maximum atomic E-state index is 10.7. The summed E-state index contributed by atoms with van der Waals surface area (Å²) >= 11 is 0. The van der Waals surface area contributed by atoms with E-state index in [1.54, 1.807) is 12.1 Å². The van der Waals surface area contributed by atoms with Crippen molar-refractivity contribution >= 4 is 5.97 Å². The summed E-state index contributed by atoms with van der Waals surface area (Å²) in [5.41, 5.74) is 1.67. The molecule has 1 aromatic carbocycles. The third kappa shape index (κ3) is 1.45. The Morgan fingerprint density at radius 2 is 1.88 bits per heavy atom. The highest BCUT2D eigenvalue weighted by molar-refractivity contribution is 5.87. The molecule has 3 atom stereocenters. The van der Waals surface area contributed by atoms with E-state index in [0.29, 0.717) is 17.4 Å². The van der Waals surface area contributed by atoms with E-state index in [1.165, 1.54) is 18.4 Å². The number of carboxylic acids is 1. The molecule has 82 valence electrons. The van der Waals surface area contributed by atoms with Gasteiger partial charge in [0.25, 0.3) is 0 Å². The topological polar surface area (TPSA) is 37.3 Å². The molecule has 2 aliphatic carbocycles. The summed E-state index contributed by atoms with van der Waals surface area (Å²) in [6, 6.07) is 7.38. The van der Waals surface area contributed by atoms with Gasteiger partial charge in [-0.1, -0.05) is 24.3 Å². The van der Waals surface area contributed by atoms with Gasteiger partial charge < -0.3 is 5.11 Å². The van der Waals surface area contributed by atoms with E-state index in [4.69, 9.17) is 5.11 Å². The largest absolute Gasteiger partial charge is 0.478 e. The van der Waals surface area contributed by atoms with Crippen LogP contribution in [0.5, 0.6) is 0 Å². The van der Waals surface area contributed by atoms with Crippen LogP contribution in [0.4, 0.5) is 0 Å². The lowest BCUT2D eigenvalue weighted by molar-refractivity contribution is 0.0697. The minimum absolute atomic E-state index is 0.377. The first-order valence-electron chi connectivity index (χ1n) is 5.75. The summed E-state index contributed by atoms with van der Waals surface area (Å²) in [5.74, 6) is 1.20. The molecular weight excluding hydrogens is 200 g/mol. The van der Waals surface area contributed by atoms with Crippen molar-refractivity contribution in [1.82, 2.24) is 0 Å². The normalized spacial score (nSPS) is 30.9. The quantitative estimate of drug-likeness (QED) is 0.768. The molecule has 0 aromatic heterocycles. The number of benzene rings is 1. The molecule has 16 heavy (non-hydrogen) atoms. The average molecular weight is 214 g/mol. The minimum Gasteiger partial charge on any atom is -0.478 e. The number of fused-ring (bicyclic) bond motifs is 2. The van der Waals surface area contributed by atoms with E-state index in [0.717, 1.165) is 5.92 Å². The lowest BCUT2D eigenvalue weighted by atomic mass is 9.86. The van der Waals surface area contributed by atoms with Crippen LogP contribution in [0.3, 0.4) is 0 Å². The second-order valence-corrected chi connectivity index (χ2v) is 4.81. The third-order valence-electron chi connectivity index (χ3n) is 3.86. The molecule has 2 bridgehead atoms. The van der Waals surface area contributed by atoms with Crippen LogP contribution < -0.4 is 0 Å². The molecule has 1 saturated carbocycles. The van der Waals surface area contributed by atoms with Gasteiger partial charge in [-0.3, -0.25) is 0 Å². The predicted molar refractivity (Wildman–Crippen MR) is 61.5 cm³/mol. The van der Waals surface area contributed by atoms with Crippen molar-refractivity contribution in [3.63, 3.8) is 0 Å². The Morgan fingerprint density at radius 3 is 2.38 bits per heavy atom. The van der Waals surface area contributed by atoms with Crippen molar-refractivity contribution in [1.29, 1.82) is 0 Å². The molecule has 2 aliphatic rings. The maximum Gasteiger partial charge on any atom is 0.335 e. The van der Waals surface area contributed by atoms with E-state index in [1.807, 2.05) is 12.1 Å². The SMILES string of the molecule is O=C(O)c1ccc(C2CC3C=CC2C3)cc1. The second-order valence-electron chi connectivity index (χ2n) is 4.81. The number of carboxylic acid groups (broad SMARTS) is 1. The first-order chi connectivity index (χ1) is 7.74. The highest BCUT2D eigenvalue weighted by Gasteiger charge is 2.36. The van der Waals surface area contributed by atoms with Crippen molar-refractivity contribution in [3.05, 3.63) is 47.5 Å². The van der Waals surface area contributed by atoms with E-state index >= 15 is 0 Å². The molecular formula is C14H14O2. The van der Waals surface area contributed by atoms with Crippen LogP contribution in [0.25, 0.3) is 0 Å². The standard InChI is InChI=1S/C14H14O2/c15-14(16)11-5-3-10(4-6-11)13-8-9-1-2-12(13)7-9/h1-6,9,12-13H,7-8H2,(H,15,16). The van der Waals surface area contributed by atoms with Crippen molar-refractivity contribution in [2.24, 2.45) is 11.8 Å². The Morgan fingerprint density at radius 1 is 1.12 bits per heavy atom. The van der Waals surface area contributed by atoms with E-state index < -0.39 is 5.97 Å². The molecule has 1 fully saturated rings. The lowest BCUT2D eigenvalue weighted by Crippen LogP contribution is -2.05. The summed E-state index contributed by atoms with van der Waals surface area (Å²) in [6.45, 7) is 0. The number of allylic oxidation sites excluding steroid dienone is 2. The van der Waals surface area contributed by atoms with Crippen LogP contribution in [0.1, 0.15) is 34.7 Å². The van der Waals surface area contributed by atoms with Gasteiger partial charge in [0.15, 0.2) is 0 Å². The molecule has 3 unspecified atom stereocenters. The van der Waals surface area contributed by atoms with Gasteiger partial charge in [-0.05, 0) is 48.3 Å². The Balaban J connectivity index is 1.85. The molecule has 0 aliphatic heterocycles. The summed E-state index contributed by atoms with van der Waals surface area (Å²) in [5, 5.41) is 8.84. The molecule has 0 spiro atoms. The molecule has 1 aromatic rings. The van der Waals surface area contributed by atoms with Crippen LogP contribution in [0.2, 0.25) is 0 Å². The molecule has 0 heterocycles. The molecule has 0 amide bonds. The van der Waals surface area contributed by atoms with E-state index in [-0.39, 0.29) is 0 Å². The summed E-state index contributed by atoms with van der Waals surface area (Å²) in [4.78, 5) is 10.7. The van der Waals surface area contributed by atoms with Gasteiger partial charge in [0, 0.05) is 0 Å². The predicted octanol–water partition coefficient (Wildman–Crippen LogP) is 3.06. The van der Waals surface area contributed by atoms with Crippen LogP contribution in [0, 0.1) is 11.8 Å². The zero-order valence-electron chi connectivity index (χ0n) is 8.97. The smallest absolute Gasteiger partial charge is 0.335 e. The fourth-order valence-electron chi connectivity index (χ4n) is 3.04. The summed E-state index contributed by atoms with van der Waals surface area (Å²) in [6.07, 6.45) is 7.16. The average Bonchev–Trinajstić information content (AvgIpc) is 2.91. The van der Waals surface area contributed by atoms with Gasteiger partial charge in [0.1, 0.15) is 0 Å². The number of carbonyl (C=O) groups is 1. The van der Waals surface area contributed by atoms with Gasteiger partial charge in [0.2, 0.25) is 0 Å². The Labute approximate surface area is 94.6 Å². The number of aromatic carboxylic acids is 1. The van der Waals surface area contributed by atoms with E-state index in [9.17, 15) is 4.79 Å². The van der Waals surface area contributed by atoms with Crippen LogP contribution in [-0.2, 0) is 0 Å².